The number of aryl methyl sites for hydroxylation is 1. The maximum absolute atomic E-state index is 10.8. The van der Waals surface area contributed by atoms with Gasteiger partial charge in [-0.15, -0.1) is 0 Å². The van der Waals surface area contributed by atoms with Crippen molar-refractivity contribution in [3.8, 4) is 0 Å². The Morgan fingerprint density at radius 3 is 3.00 bits per heavy atom. The lowest BCUT2D eigenvalue weighted by Crippen LogP contribution is -2.44. The Morgan fingerprint density at radius 1 is 1.40 bits per heavy atom. The molecule has 112 valence electrons. The summed E-state index contributed by atoms with van der Waals surface area (Å²) >= 11 is 0. The fraction of sp³-hybridized carbons (Fsp3) is 0.867. The predicted molar refractivity (Wildman–Crippen MR) is 77.0 cm³/mol. The minimum atomic E-state index is -0.434. The maximum atomic E-state index is 10.8. The third-order valence-electron chi connectivity index (χ3n) is 5.36. The minimum Gasteiger partial charge on any atom is -0.390 e. The molecule has 1 aliphatic heterocycles. The molecule has 0 aromatic carbocycles. The molecule has 2 heterocycles. The summed E-state index contributed by atoms with van der Waals surface area (Å²) in [4.78, 5) is 6.83. The smallest absolute Gasteiger partial charge is 0.140 e. The molecule has 0 spiro atoms. The minimum absolute atomic E-state index is 0.434. The molecule has 3 rings (SSSR count). The van der Waals surface area contributed by atoms with Crippen molar-refractivity contribution in [2.45, 2.75) is 58.2 Å². The number of fused-ring (bicyclic) bond motifs is 1. The first-order valence-electron chi connectivity index (χ1n) is 7.97. The molecule has 5 nitrogen and oxygen atoms in total. The molecule has 1 aromatic rings. The molecule has 2 fully saturated rings. The van der Waals surface area contributed by atoms with Gasteiger partial charge in [-0.25, -0.2) is 9.67 Å². The van der Waals surface area contributed by atoms with Gasteiger partial charge in [0.1, 0.15) is 12.2 Å². The van der Waals surface area contributed by atoms with E-state index in [1.165, 1.54) is 12.8 Å². The molecule has 1 aromatic heterocycles. The van der Waals surface area contributed by atoms with Crippen LogP contribution in [0.5, 0.6) is 0 Å². The van der Waals surface area contributed by atoms with Gasteiger partial charge in [0.15, 0.2) is 0 Å². The zero-order chi connectivity index (χ0) is 14.2. The molecule has 5 heteroatoms. The van der Waals surface area contributed by atoms with Crippen molar-refractivity contribution < 1.29 is 5.11 Å². The van der Waals surface area contributed by atoms with E-state index in [1.807, 2.05) is 4.68 Å². The van der Waals surface area contributed by atoms with Crippen LogP contribution in [0.4, 0.5) is 0 Å². The van der Waals surface area contributed by atoms with Gasteiger partial charge in [0, 0.05) is 25.6 Å². The highest BCUT2D eigenvalue weighted by Gasteiger charge is 2.47. The molecule has 1 aliphatic carbocycles. The van der Waals surface area contributed by atoms with Gasteiger partial charge in [0.2, 0.25) is 0 Å². The van der Waals surface area contributed by atoms with Gasteiger partial charge in [-0.3, -0.25) is 4.90 Å². The summed E-state index contributed by atoms with van der Waals surface area (Å²) in [6, 6.07) is 0. The number of nitrogens with zero attached hydrogens (tertiary/aromatic N) is 4. The Balaban J connectivity index is 1.70. The number of rotatable bonds is 4. The van der Waals surface area contributed by atoms with Gasteiger partial charge in [-0.1, -0.05) is 13.3 Å². The lowest BCUT2D eigenvalue weighted by molar-refractivity contribution is -0.0613. The summed E-state index contributed by atoms with van der Waals surface area (Å²) in [6.45, 7) is 8.06. The average molecular weight is 278 g/mol. The topological polar surface area (TPSA) is 54.2 Å². The van der Waals surface area contributed by atoms with Crippen molar-refractivity contribution in [3.63, 3.8) is 0 Å². The Labute approximate surface area is 121 Å². The molecule has 2 aliphatic rings. The second kappa shape index (κ2) is 5.45. The molecule has 1 saturated heterocycles. The Morgan fingerprint density at radius 2 is 2.25 bits per heavy atom. The predicted octanol–water partition coefficient (Wildman–Crippen LogP) is 1.67. The van der Waals surface area contributed by atoms with E-state index >= 15 is 0 Å². The summed E-state index contributed by atoms with van der Waals surface area (Å²) in [5, 5.41) is 15.1. The van der Waals surface area contributed by atoms with Gasteiger partial charge in [-0.05, 0) is 32.1 Å². The van der Waals surface area contributed by atoms with Crippen LogP contribution in [0.15, 0.2) is 6.33 Å². The summed E-state index contributed by atoms with van der Waals surface area (Å²) in [5.74, 6) is 2.15. The van der Waals surface area contributed by atoms with E-state index in [1.54, 1.807) is 6.33 Å². The van der Waals surface area contributed by atoms with Gasteiger partial charge in [0.25, 0.3) is 0 Å². The van der Waals surface area contributed by atoms with Crippen LogP contribution in [0.1, 0.15) is 45.4 Å². The van der Waals surface area contributed by atoms with Crippen molar-refractivity contribution in [3.05, 3.63) is 12.2 Å². The SMILES string of the molecule is CCn1ncnc1CN1C[C@H]2CCC[C@](O)(CC)[C@H]2C1. The summed E-state index contributed by atoms with van der Waals surface area (Å²) in [5.41, 5.74) is -0.434. The van der Waals surface area contributed by atoms with Crippen LogP contribution in [0.2, 0.25) is 0 Å². The normalized spacial score (nSPS) is 34.4. The number of aliphatic hydroxyl groups is 1. The first kappa shape index (κ1) is 14.0. The highest BCUT2D eigenvalue weighted by atomic mass is 16.3. The van der Waals surface area contributed by atoms with Crippen LogP contribution in [-0.2, 0) is 13.1 Å². The van der Waals surface area contributed by atoms with Crippen LogP contribution in [0, 0.1) is 11.8 Å². The molecular formula is C15H26N4O. The monoisotopic (exact) mass is 278 g/mol. The van der Waals surface area contributed by atoms with E-state index in [4.69, 9.17) is 0 Å². The standard InChI is InChI=1S/C15H26N4O/c1-3-15(20)7-5-6-12-8-18(9-13(12)15)10-14-16-11-17-19(14)4-2/h11-13,20H,3-10H2,1-2H3/t12-,13+,15-/m1/s1. The Hall–Kier alpha value is -0.940. The average Bonchev–Trinajstić information content (AvgIpc) is 3.06. The van der Waals surface area contributed by atoms with E-state index in [0.717, 1.165) is 44.8 Å². The number of aromatic nitrogens is 3. The summed E-state index contributed by atoms with van der Waals surface area (Å²) in [6.07, 6.45) is 5.94. The van der Waals surface area contributed by atoms with Crippen LogP contribution in [-0.4, -0.2) is 43.5 Å². The third kappa shape index (κ3) is 2.37. The molecule has 1 saturated carbocycles. The van der Waals surface area contributed by atoms with E-state index in [9.17, 15) is 5.11 Å². The third-order valence-corrected chi connectivity index (χ3v) is 5.36. The van der Waals surface area contributed by atoms with Crippen molar-refractivity contribution in [2.75, 3.05) is 13.1 Å². The van der Waals surface area contributed by atoms with Crippen LogP contribution < -0.4 is 0 Å². The Kier molecular flexibility index (Phi) is 3.82. The second-order valence-corrected chi connectivity index (χ2v) is 6.40. The molecule has 20 heavy (non-hydrogen) atoms. The lowest BCUT2D eigenvalue weighted by atomic mass is 9.69. The zero-order valence-corrected chi connectivity index (χ0v) is 12.6. The summed E-state index contributed by atoms with van der Waals surface area (Å²) in [7, 11) is 0. The van der Waals surface area contributed by atoms with Crippen LogP contribution >= 0.6 is 0 Å². The number of likely N-dealkylation sites (tertiary alicyclic amines) is 1. The van der Waals surface area contributed by atoms with Gasteiger partial charge < -0.3 is 5.11 Å². The second-order valence-electron chi connectivity index (χ2n) is 6.40. The first-order chi connectivity index (χ1) is 9.66. The van der Waals surface area contributed by atoms with E-state index < -0.39 is 5.60 Å². The zero-order valence-electron chi connectivity index (χ0n) is 12.6. The largest absolute Gasteiger partial charge is 0.390 e. The molecule has 0 radical (unpaired) electrons. The molecule has 0 unspecified atom stereocenters. The van der Waals surface area contributed by atoms with Crippen LogP contribution in [0.3, 0.4) is 0 Å². The highest BCUT2D eigenvalue weighted by Crippen LogP contribution is 2.44. The molecular weight excluding hydrogens is 252 g/mol. The quantitative estimate of drug-likeness (QED) is 0.910. The first-order valence-corrected chi connectivity index (χ1v) is 7.97. The number of hydrogen-bond donors (Lipinski definition) is 1. The van der Waals surface area contributed by atoms with Crippen molar-refractivity contribution in [1.29, 1.82) is 0 Å². The molecule has 0 amide bonds. The van der Waals surface area contributed by atoms with E-state index in [-0.39, 0.29) is 0 Å². The molecule has 1 N–H and O–H groups in total. The van der Waals surface area contributed by atoms with Gasteiger partial charge in [-0.2, -0.15) is 5.10 Å². The highest BCUT2D eigenvalue weighted by molar-refractivity contribution is 5.00. The fourth-order valence-corrected chi connectivity index (χ4v) is 4.16. The Bertz CT molecular complexity index is 460. The van der Waals surface area contributed by atoms with Gasteiger partial charge in [0.05, 0.1) is 12.1 Å². The van der Waals surface area contributed by atoms with E-state index in [0.29, 0.717) is 11.8 Å². The van der Waals surface area contributed by atoms with Crippen LogP contribution in [0.25, 0.3) is 0 Å². The fourth-order valence-electron chi connectivity index (χ4n) is 4.16. The van der Waals surface area contributed by atoms with Crippen molar-refractivity contribution >= 4 is 0 Å². The van der Waals surface area contributed by atoms with Crippen molar-refractivity contribution in [1.82, 2.24) is 19.7 Å². The van der Waals surface area contributed by atoms with E-state index in [2.05, 4.69) is 28.8 Å². The maximum Gasteiger partial charge on any atom is 0.140 e. The number of hydrogen-bond acceptors (Lipinski definition) is 4. The van der Waals surface area contributed by atoms with Crippen molar-refractivity contribution in [2.24, 2.45) is 11.8 Å². The molecule has 0 bridgehead atoms. The van der Waals surface area contributed by atoms with Gasteiger partial charge >= 0.3 is 0 Å². The lowest BCUT2D eigenvalue weighted by Gasteiger charge is -2.40. The summed E-state index contributed by atoms with van der Waals surface area (Å²) < 4.78 is 1.97. The molecule has 3 atom stereocenters.